The zero-order chi connectivity index (χ0) is 23.5. The summed E-state index contributed by atoms with van der Waals surface area (Å²) in [7, 11) is -2.21. The number of anilines is 1. The van der Waals surface area contributed by atoms with Gasteiger partial charge in [0.15, 0.2) is 0 Å². The van der Waals surface area contributed by atoms with Crippen LogP contribution < -0.4 is 4.90 Å². The zero-order valence-electron chi connectivity index (χ0n) is 18.7. The van der Waals surface area contributed by atoms with Crippen LogP contribution in [0.3, 0.4) is 0 Å². The van der Waals surface area contributed by atoms with E-state index in [2.05, 4.69) is 15.9 Å². The van der Waals surface area contributed by atoms with Gasteiger partial charge in [-0.2, -0.15) is 4.31 Å². The van der Waals surface area contributed by atoms with Gasteiger partial charge in [-0.25, -0.2) is 8.42 Å². The number of carbonyl (C=O) groups excluding carboxylic acids is 1. The van der Waals surface area contributed by atoms with Crippen molar-refractivity contribution in [2.45, 2.75) is 32.2 Å². The van der Waals surface area contributed by atoms with E-state index in [4.69, 9.17) is 0 Å². The van der Waals surface area contributed by atoms with Gasteiger partial charge in [-0.15, -0.1) is 0 Å². The van der Waals surface area contributed by atoms with E-state index in [1.807, 2.05) is 63.2 Å². The molecule has 0 saturated carbocycles. The molecule has 0 saturated heterocycles. The summed E-state index contributed by atoms with van der Waals surface area (Å²) in [6.07, 6.45) is 0. The average Bonchev–Trinajstić information content (AvgIpc) is 2.76. The molecular formula is C25H27BrN2O3S. The summed E-state index contributed by atoms with van der Waals surface area (Å²) in [5.74, 6) is -0.305. The lowest BCUT2D eigenvalue weighted by Gasteiger charge is -2.25. The van der Waals surface area contributed by atoms with Gasteiger partial charge in [-0.1, -0.05) is 51.8 Å². The molecule has 0 aromatic heterocycles. The number of benzene rings is 3. The first kappa shape index (κ1) is 24.2. The van der Waals surface area contributed by atoms with Crippen LogP contribution in [-0.2, 0) is 21.4 Å². The molecule has 1 amide bonds. The molecule has 0 N–H and O–H groups in total. The number of nitrogens with zero attached hydrogens (tertiary/aromatic N) is 2. The summed E-state index contributed by atoms with van der Waals surface area (Å²) in [6, 6.07) is 19.8. The third kappa shape index (κ3) is 5.65. The number of halogens is 1. The second kappa shape index (κ2) is 9.98. The number of hydrogen-bond donors (Lipinski definition) is 0. The molecule has 0 heterocycles. The van der Waals surface area contributed by atoms with Crippen LogP contribution in [0.15, 0.2) is 76.1 Å². The van der Waals surface area contributed by atoms with Gasteiger partial charge in [0.25, 0.3) is 0 Å². The molecule has 0 aliphatic heterocycles. The van der Waals surface area contributed by atoms with Crippen molar-refractivity contribution in [3.63, 3.8) is 0 Å². The first-order chi connectivity index (χ1) is 15.1. The third-order valence-electron chi connectivity index (χ3n) is 5.49. The summed E-state index contributed by atoms with van der Waals surface area (Å²) < 4.78 is 29.0. The molecule has 3 aromatic rings. The van der Waals surface area contributed by atoms with E-state index in [1.54, 1.807) is 31.3 Å². The summed E-state index contributed by atoms with van der Waals surface area (Å²) in [5, 5.41) is 0. The first-order valence-electron chi connectivity index (χ1n) is 10.2. The minimum Gasteiger partial charge on any atom is -0.314 e. The second-order valence-electron chi connectivity index (χ2n) is 7.93. The highest BCUT2D eigenvalue weighted by molar-refractivity contribution is 9.10. The van der Waals surface area contributed by atoms with Gasteiger partial charge in [0.2, 0.25) is 15.9 Å². The first-order valence-corrected chi connectivity index (χ1v) is 12.5. The van der Waals surface area contributed by atoms with Gasteiger partial charge < -0.3 is 4.90 Å². The molecule has 168 valence electrons. The predicted octanol–water partition coefficient (Wildman–Crippen LogP) is 5.23. The summed E-state index contributed by atoms with van der Waals surface area (Å²) in [6.45, 7) is 5.72. The molecule has 0 spiro atoms. The summed E-state index contributed by atoms with van der Waals surface area (Å²) in [5.41, 5.74) is 4.70. The van der Waals surface area contributed by atoms with Gasteiger partial charge in [-0.05, 0) is 73.9 Å². The Kier molecular flexibility index (Phi) is 7.54. The van der Waals surface area contributed by atoms with E-state index >= 15 is 0 Å². The number of rotatable bonds is 7. The van der Waals surface area contributed by atoms with E-state index in [9.17, 15) is 13.2 Å². The van der Waals surface area contributed by atoms with Crippen molar-refractivity contribution in [1.82, 2.24) is 4.31 Å². The molecule has 3 aromatic carbocycles. The molecule has 0 bridgehead atoms. The van der Waals surface area contributed by atoms with Crippen LogP contribution in [0, 0.1) is 20.8 Å². The SMILES string of the molecule is Cc1ccc(S(=O)(=O)N(CC(=O)N(C)c2ccc(C)c(C)c2)Cc2ccc(Br)cc2)cc1. The zero-order valence-corrected chi connectivity index (χ0v) is 21.1. The maximum atomic E-state index is 13.5. The van der Waals surface area contributed by atoms with Gasteiger partial charge in [-0.3, -0.25) is 4.79 Å². The fourth-order valence-electron chi connectivity index (χ4n) is 3.21. The quantitative estimate of drug-likeness (QED) is 0.433. The minimum absolute atomic E-state index is 0.0932. The van der Waals surface area contributed by atoms with Crippen molar-refractivity contribution in [1.29, 1.82) is 0 Å². The van der Waals surface area contributed by atoms with Crippen LogP contribution in [0.2, 0.25) is 0 Å². The average molecular weight is 515 g/mol. The number of amides is 1. The van der Waals surface area contributed by atoms with Crippen molar-refractivity contribution < 1.29 is 13.2 Å². The van der Waals surface area contributed by atoms with E-state index in [0.29, 0.717) is 0 Å². The van der Waals surface area contributed by atoms with Gasteiger partial charge in [0.05, 0.1) is 11.4 Å². The van der Waals surface area contributed by atoms with Crippen LogP contribution in [0.4, 0.5) is 5.69 Å². The Morgan fingerprint density at radius 3 is 2.09 bits per heavy atom. The number of aryl methyl sites for hydroxylation is 3. The smallest absolute Gasteiger partial charge is 0.243 e. The number of hydrogen-bond acceptors (Lipinski definition) is 3. The third-order valence-corrected chi connectivity index (χ3v) is 7.83. The lowest BCUT2D eigenvalue weighted by Crippen LogP contribution is -2.41. The van der Waals surface area contributed by atoms with E-state index in [0.717, 1.165) is 32.4 Å². The van der Waals surface area contributed by atoms with Crippen molar-refractivity contribution >= 4 is 37.5 Å². The highest BCUT2D eigenvalue weighted by atomic mass is 79.9. The largest absolute Gasteiger partial charge is 0.314 e. The molecule has 0 radical (unpaired) electrons. The van der Waals surface area contributed by atoms with Crippen LogP contribution in [0.25, 0.3) is 0 Å². The fourth-order valence-corrected chi connectivity index (χ4v) is 4.86. The van der Waals surface area contributed by atoms with Gasteiger partial charge in [0.1, 0.15) is 0 Å². The molecule has 0 aliphatic carbocycles. The van der Waals surface area contributed by atoms with Crippen molar-refractivity contribution in [3.8, 4) is 0 Å². The Morgan fingerprint density at radius 1 is 0.875 bits per heavy atom. The fraction of sp³-hybridized carbons (Fsp3) is 0.240. The number of likely N-dealkylation sites (N-methyl/N-ethyl adjacent to an activating group) is 1. The Hall–Kier alpha value is -2.48. The lowest BCUT2D eigenvalue weighted by atomic mass is 10.1. The highest BCUT2D eigenvalue weighted by Crippen LogP contribution is 2.22. The molecule has 7 heteroatoms. The normalized spacial score (nSPS) is 11.6. The Labute approximate surface area is 198 Å². The molecule has 0 atom stereocenters. The molecular weight excluding hydrogens is 488 g/mol. The van der Waals surface area contributed by atoms with E-state index in [1.165, 1.54) is 9.21 Å². The Morgan fingerprint density at radius 2 is 1.50 bits per heavy atom. The maximum absolute atomic E-state index is 13.5. The van der Waals surface area contributed by atoms with E-state index < -0.39 is 10.0 Å². The van der Waals surface area contributed by atoms with Crippen LogP contribution in [0.5, 0.6) is 0 Å². The van der Waals surface area contributed by atoms with Crippen LogP contribution in [0.1, 0.15) is 22.3 Å². The molecule has 3 rings (SSSR count). The Bertz CT molecular complexity index is 1210. The number of sulfonamides is 1. The molecule has 0 aliphatic rings. The lowest BCUT2D eigenvalue weighted by molar-refractivity contribution is -0.118. The predicted molar refractivity (Wildman–Crippen MR) is 132 cm³/mol. The van der Waals surface area contributed by atoms with Crippen LogP contribution >= 0.6 is 15.9 Å². The van der Waals surface area contributed by atoms with Crippen LogP contribution in [-0.4, -0.2) is 32.2 Å². The second-order valence-corrected chi connectivity index (χ2v) is 10.8. The maximum Gasteiger partial charge on any atom is 0.243 e. The molecule has 0 unspecified atom stereocenters. The highest BCUT2D eigenvalue weighted by Gasteiger charge is 2.28. The molecule has 32 heavy (non-hydrogen) atoms. The van der Waals surface area contributed by atoms with Crippen molar-refractivity contribution in [2.24, 2.45) is 0 Å². The van der Waals surface area contributed by atoms with E-state index in [-0.39, 0.29) is 23.9 Å². The van der Waals surface area contributed by atoms with Crippen molar-refractivity contribution in [3.05, 3.63) is 93.5 Å². The summed E-state index contributed by atoms with van der Waals surface area (Å²) >= 11 is 3.40. The topological polar surface area (TPSA) is 57.7 Å². The van der Waals surface area contributed by atoms with Gasteiger partial charge >= 0.3 is 0 Å². The summed E-state index contributed by atoms with van der Waals surface area (Å²) in [4.78, 5) is 14.8. The minimum atomic E-state index is -3.88. The molecule has 5 nitrogen and oxygen atoms in total. The Balaban J connectivity index is 1.92. The molecule has 0 fully saturated rings. The standard InChI is InChI=1S/C25H27BrN2O3S/c1-18-5-13-24(14-6-18)32(30,31)28(16-21-8-10-22(26)11-9-21)17-25(29)27(4)23-12-7-19(2)20(3)15-23/h5-15H,16-17H2,1-4H3. The monoisotopic (exact) mass is 514 g/mol. The number of carbonyl (C=O) groups is 1. The van der Waals surface area contributed by atoms with Gasteiger partial charge in [0, 0.05) is 23.8 Å². The van der Waals surface area contributed by atoms with Crippen molar-refractivity contribution in [2.75, 3.05) is 18.5 Å².